The molecule has 0 aromatic carbocycles. The van der Waals surface area contributed by atoms with E-state index in [4.69, 9.17) is 0 Å². The molecule has 1 amide bonds. The molecule has 0 bridgehead atoms. The Hall–Kier alpha value is -1.64. The first-order valence-corrected chi connectivity index (χ1v) is 8.38. The van der Waals surface area contributed by atoms with Gasteiger partial charge >= 0.3 is 6.18 Å². The summed E-state index contributed by atoms with van der Waals surface area (Å²) in [7, 11) is 0. The molecule has 9 heteroatoms. The van der Waals surface area contributed by atoms with E-state index in [0.717, 1.165) is 18.7 Å². The van der Waals surface area contributed by atoms with Crippen LogP contribution in [0.1, 0.15) is 37.9 Å². The van der Waals surface area contributed by atoms with E-state index in [0.29, 0.717) is 19.4 Å². The van der Waals surface area contributed by atoms with Crippen LogP contribution in [-0.2, 0) is 17.8 Å². The van der Waals surface area contributed by atoms with E-state index in [1.165, 1.54) is 6.33 Å². The van der Waals surface area contributed by atoms with Gasteiger partial charge in [0, 0.05) is 18.5 Å². The Morgan fingerprint density at radius 1 is 1.21 bits per heavy atom. The van der Waals surface area contributed by atoms with Crippen LogP contribution in [0.4, 0.5) is 13.2 Å². The molecular weight excluding hydrogens is 323 g/mol. The maximum Gasteiger partial charge on any atom is 0.391 e. The highest BCUT2D eigenvalue weighted by atomic mass is 19.4. The lowest BCUT2D eigenvalue weighted by molar-refractivity contribution is -0.182. The topological polar surface area (TPSA) is 71.8 Å². The largest absolute Gasteiger partial charge is 0.391 e. The second-order valence-corrected chi connectivity index (χ2v) is 6.63. The zero-order chi connectivity index (χ0) is 17.2. The van der Waals surface area contributed by atoms with Gasteiger partial charge in [0.05, 0.1) is 19.0 Å². The Bertz CT molecular complexity index is 566. The van der Waals surface area contributed by atoms with Crippen LogP contribution in [0.3, 0.4) is 0 Å². The van der Waals surface area contributed by atoms with Gasteiger partial charge in [-0.25, -0.2) is 9.67 Å². The maximum absolute atomic E-state index is 12.6. The molecule has 1 unspecified atom stereocenters. The van der Waals surface area contributed by atoms with Crippen molar-refractivity contribution < 1.29 is 18.0 Å². The molecule has 134 valence electrons. The highest BCUT2D eigenvalue weighted by Crippen LogP contribution is 2.37. The minimum atomic E-state index is -4.11. The highest BCUT2D eigenvalue weighted by molar-refractivity contribution is 5.78. The number of fused-ring (bicyclic) bond motifs is 1. The van der Waals surface area contributed by atoms with E-state index in [9.17, 15) is 18.0 Å². The third-order valence-corrected chi connectivity index (χ3v) is 4.91. The van der Waals surface area contributed by atoms with Crippen molar-refractivity contribution >= 4 is 5.91 Å². The predicted molar refractivity (Wildman–Crippen MR) is 80.1 cm³/mol. The van der Waals surface area contributed by atoms with Gasteiger partial charge in [-0.2, -0.15) is 18.3 Å². The molecule has 1 fully saturated rings. The van der Waals surface area contributed by atoms with Gasteiger partial charge in [-0.3, -0.25) is 4.79 Å². The van der Waals surface area contributed by atoms with Crippen molar-refractivity contribution in [1.29, 1.82) is 0 Å². The zero-order valence-electron chi connectivity index (χ0n) is 13.4. The lowest BCUT2D eigenvalue weighted by Crippen LogP contribution is -2.47. The second kappa shape index (κ2) is 7.08. The van der Waals surface area contributed by atoms with Crippen LogP contribution in [0.15, 0.2) is 6.33 Å². The molecule has 1 aromatic heterocycles. The number of hydrogen-bond acceptors (Lipinski definition) is 4. The second-order valence-electron chi connectivity index (χ2n) is 6.63. The molecule has 0 spiro atoms. The fourth-order valence-electron chi connectivity index (χ4n) is 3.49. The van der Waals surface area contributed by atoms with Crippen molar-refractivity contribution in [3.8, 4) is 0 Å². The first-order valence-electron chi connectivity index (χ1n) is 8.38. The summed E-state index contributed by atoms with van der Waals surface area (Å²) in [6.45, 7) is 0.854. The summed E-state index contributed by atoms with van der Waals surface area (Å²) in [4.78, 5) is 16.1. The molecule has 1 aliphatic heterocycles. The molecule has 1 aromatic rings. The average Bonchev–Trinajstić information content (AvgIpc) is 3.00. The van der Waals surface area contributed by atoms with E-state index in [1.54, 1.807) is 0 Å². The Kier molecular flexibility index (Phi) is 5.07. The number of aromatic nitrogens is 3. The van der Waals surface area contributed by atoms with E-state index in [1.807, 2.05) is 4.68 Å². The zero-order valence-corrected chi connectivity index (χ0v) is 13.4. The SMILES string of the molecule is O=C(CNC1CCc2ncnn2C1)NC1CCC(C(F)(F)F)CC1. The van der Waals surface area contributed by atoms with E-state index >= 15 is 0 Å². The third kappa shape index (κ3) is 4.25. The van der Waals surface area contributed by atoms with Crippen LogP contribution < -0.4 is 10.6 Å². The van der Waals surface area contributed by atoms with Gasteiger partial charge in [0.2, 0.25) is 5.91 Å². The summed E-state index contributed by atoms with van der Waals surface area (Å²) in [6.07, 6.45) is 0.102. The minimum Gasteiger partial charge on any atom is -0.352 e. The highest BCUT2D eigenvalue weighted by Gasteiger charge is 2.41. The van der Waals surface area contributed by atoms with E-state index in [2.05, 4.69) is 20.7 Å². The molecule has 2 heterocycles. The molecule has 24 heavy (non-hydrogen) atoms. The summed E-state index contributed by atoms with van der Waals surface area (Å²) in [5.74, 6) is -0.420. The smallest absolute Gasteiger partial charge is 0.352 e. The minimum absolute atomic E-state index is 0.0968. The van der Waals surface area contributed by atoms with Crippen LogP contribution in [0.5, 0.6) is 0 Å². The van der Waals surface area contributed by atoms with Crippen LogP contribution in [0.2, 0.25) is 0 Å². The number of rotatable bonds is 4. The van der Waals surface area contributed by atoms with Crippen LogP contribution in [-0.4, -0.2) is 45.5 Å². The van der Waals surface area contributed by atoms with Gasteiger partial charge in [0.25, 0.3) is 0 Å². The number of hydrogen-bond donors (Lipinski definition) is 2. The van der Waals surface area contributed by atoms with Crippen molar-refractivity contribution in [2.24, 2.45) is 5.92 Å². The van der Waals surface area contributed by atoms with Crippen LogP contribution >= 0.6 is 0 Å². The summed E-state index contributed by atoms with van der Waals surface area (Å²) >= 11 is 0. The Morgan fingerprint density at radius 2 is 1.96 bits per heavy atom. The maximum atomic E-state index is 12.6. The third-order valence-electron chi connectivity index (χ3n) is 4.91. The van der Waals surface area contributed by atoms with Gasteiger partial charge in [0.1, 0.15) is 12.2 Å². The molecule has 0 radical (unpaired) electrons. The summed E-state index contributed by atoms with van der Waals surface area (Å²) in [6, 6.07) is 0.0112. The molecular formula is C15H22F3N5O. The van der Waals surface area contributed by atoms with Crippen molar-refractivity contribution in [2.75, 3.05) is 6.54 Å². The normalized spacial score (nSPS) is 27.5. The number of halogens is 3. The number of amides is 1. The Balaban J connectivity index is 1.37. The van der Waals surface area contributed by atoms with E-state index in [-0.39, 0.29) is 37.4 Å². The number of carbonyl (C=O) groups excluding carboxylic acids is 1. The summed E-state index contributed by atoms with van der Waals surface area (Å²) in [5, 5.41) is 10.2. The van der Waals surface area contributed by atoms with Gasteiger partial charge in [0.15, 0.2) is 0 Å². The lowest BCUT2D eigenvalue weighted by Gasteiger charge is -2.30. The first kappa shape index (κ1) is 17.2. The Labute approximate surface area is 138 Å². The van der Waals surface area contributed by atoms with Crippen LogP contribution in [0.25, 0.3) is 0 Å². The first-order chi connectivity index (χ1) is 11.4. The number of carbonyl (C=O) groups is 1. The average molecular weight is 345 g/mol. The number of nitrogens with zero attached hydrogens (tertiary/aromatic N) is 3. The summed E-state index contributed by atoms with van der Waals surface area (Å²) < 4.78 is 39.7. The van der Waals surface area contributed by atoms with Crippen molar-refractivity contribution in [2.45, 2.75) is 63.3 Å². The van der Waals surface area contributed by atoms with Crippen molar-refractivity contribution in [3.05, 3.63) is 12.2 Å². The monoisotopic (exact) mass is 345 g/mol. The van der Waals surface area contributed by atoms with Crippen molar-refractivity contribution in [1.82, 2.24) is 25.4 Å². The molecule has 2 N–H and O–H groups in total. The van der Waals surface area contributed by atoms with Gasteiger partial charge in [-0.05, 0) is 32.1 Å². The number of alkyl halides is 3. The van der Waals surface area contributed by atoms with Crippen molar-refractivity contribution in [3.63, 3.8) is 0 Å². The van der Waals surface area contributed by atoms with Crippen LogP contribution in [0, 0.1) is 5.92 Å². The van der Waals surface area contributed by atoms with Gasteiger partial charge in [-0.15, -0.1) is 0 Å². The summed E-state index contributed by atoms with van der Waals surface area (Å²) in [5.41, 5.74) is 0. The molecule has 0 saturated heterocycles. The Morgan fingerprint density at radius 3 is 2.67 bits per heavy atom. The molecule has 1 aliphatic carbocycles. The van der Waals surface area contributed by atoms with Gasteiger partial charge < -0.3 is 10.6 Å². The fourth-order valence-corrected chi connectivity index (χ4v) is 3.49. The standard InChI is InChI=1S/C15H22F3N5O/c16-15(17,18)10-1-3-11(4-2-10)22-14(24)7-19-12-5-6-13-20-9-21-23(13)8-12/h9-12,19H,1-8H2,(H,22,24). The predicted octanol–water partition coefficient (Wildman–Crippen LogP) is 1.42. The fraction of sp³-hybridized carbons (Fsp3) is 0.800. The molecule has 1 atom stereocenters. The quantitative estimate of drug-likeness (QED) is 0.866. The van der Waals surface area contributed by atoms with E-state index < -0.39 is 12.1 Å². The van der Waals surface area contributed by atoms with Gasteiger partial charge in [-0.1, -0.05) is 0 Å². The number of aryl methyl sites for hydroxylation is 1. The molecule has 3 rings (SSSR count). The molecule has 1 saturated carbocycles. The molecule has 2 aliphatic rings. The molecule has 6 nitrogen and oxygen atoms in total. The lowest BCUT2D eigenvalue weighted by atomic mass is 9.85. The number of nitrogens with one attached hydrogen (secondary N) is 2.